The fourth-order valence-corrected chi connectivity index (χ4v) is 2.49. The first-order chi connectivity index (χ1) is 9.58. The highest BCUT2D eigenvalue weighted by atomic mass is 35.5. The number of halogens is 6. The molecule has 0 atom stereocenters. The number of likely N-dealkylation sites (tertiary alicyclic amines) is 1. The molecule has 0 bridgehead atoms. The molecule has 0 radical (unpaired) electrons. The summed E-state index contributed by atoms with van der Waals surface area (Å²) in [5, 5.41) is -0.574. The quantitative estimate of drug-likeness (QED) is 0.662. The molecule has 8 heteroatoms. The van der Waals surface area contributed by atoms with Crippen molar-refractivity contribution in [2.24, 2.45) is 5.73 Å². The van der Waals surface area contributed by atoms with E-state index in [0.717, 1.165) is 6.07 Å². The van der Waals surface area contributed by atoms with E-state index < -0.39 is 28.4 Å². The molecular weight excluding hydrogens is 315 g/mol. The van der Waals surface area contributed by atoms with Crippen molar-refractivity contribution in [1.29, 1.82) is 0 Å². The first-order valence-electron chi connectivity index (χ1n) is 6.34. The van der Waals surface area contributed by atoms with Crippen molar-refractivity contribution in [2.45, 2.75) is 31.4 Å². The smallest absolute Gasteiger partial charge is 0.299 e. The van der Waals surface area contributed by atoms with Crippen LogP contribution in [-0.4, -0.2) is 23.8 Å². The van der Waals surface area contributed by atoms with Crippen LogP contribution in [0.15, 0.2) is 12.1 Å². The first kappa shape index (κ1) is 16.5. The Balaban J connectivity index is 2.18. The van der Waals surface area contributed by atoms with Crippen LogP contribution in [0, 0.1) is 5.82 Å². The van der Waals surface area contributed by atoms with Gasteiger partial charge in [-0.25, -0.2) is 8.78 Å². The Labute approximate surface area is 123 Å². The zero-order chi connectivity index (χ0) is 15.8. The van der Waals surface area contributed by atoms with Gasteiger partial charge in [0.15, 0.2) is 5.79 Å². The van der Waals surface area contributed by atoms with Gasteiger partial charge in [-0.1, -0.05) is 11.6 Å². The third-order valence-electron chi connectivity index (χ3n) is 3.51. The van der Waals surface area contributed by atoms with Crippen LogP contribution in [0.4, 0.5) is 22.0 Å². The molecule has 0 amide bonds. The van der Waals surface area contributed by atoms with Crippen LogP contribution in [0.5, 0.6) is 0 Å². The Morgan fingerprint density at radius 3 is 2.33 bits per heavy atom. The third-order valence-corrected chi connectivity index (χ3v) is 3.79. The minimum Gasteiger partial charge on any atom is -0.299 e. The van der Waals surface area contributed by atoms with Crippen molar-refractivity contribution in [3.8, 4) is 0 Å². The van der Waals surface area contributed by atoms with Crippen molar-refractivity contribution in [1.82, 2.24) is 4.90 Å². The lowest BCUT2D eigenvalue weighted by atomic mass is 10.0. The molecule has 2 nitrogen and oxygen atoms in total. The maximum Gasteiger partial charge on any atom is 0.416 e. The van der Waals surface area contributed by atoms with Gasteiger partial charge in [-0.2, -0.15) is 13.2 Å². The predicted octanol–water partition coefficient (Wildman–Crippen LogP) is 3.72. The monoisotopic (exact) mass is 328 g/mol. The fraction of sp³-hybridized carbons (Fsp3) is 0.538. The molecule has 1 saturated heterocycles. The molecule has 1 fully saturated rings. The molecule has 1 aliphatic rings. The molecular formula is C13H14ClF5N2. The highest BCUT2D eigenvalue weighted by Gasteiger charge is 2.33. The van der Waals surface area contributed by atoms with Gasteiger partial charge in [-0.05, 0) is 12.1 Å². The van der Waals surface area contributed by atoms with E-state index in [2.05, 4.69) is 0 Å². The molecule has 0 aromatic heterocycles. The summed E-state index contributed by atoms with van der Waals surface area (Å²) in [5.41, 5.74) is 4.18. The molecule has 0 unspecified atom stereocenters. The maximum absolute atomic E-state index is 13.9. The lowest BCUT2D eigenvalue weighted by molar-refractivity contribution is -0.137. The van der Waals surface area contributed by atoms with Gasteiger partial charge in [0, 0.05) is 38.0 Å². The number of rotatable bonds is 2. The average molecular weight is 329 g/mol. The summed E-state index contributed by atoms with van der Waals surface area (Å²) >= 11 is 5.51. The number of hydrogen-bond acceptors (Lipinski definition) is 2. The van der Waals surface area contributed by atoms with Crippen LogP contribution in [0.25, 0.3) is 0 Å². The summed E-state index contributed by atoms with van der Waals surface area (Å²) in [5.74, 6) is -2.64. The summed E-state index contributed by atoms with van der Waals surface area (Å²) in [6, 6.07) is 1.30. The molecule has 1 aliphatic heterocycles. The molecule has 1 aromatic rings. The van der Waals surface area contributed by atoms with E-state index in [4.69, 9.17) is 17.3 Å². The summed E-state index contributed by atoms with van der Waals surface area (Å²) in [6.07, 6.45) is -4.48. The van der Waals surface area contributed by atoms with Crippen LogP contribution in [0.2, 0.25) is 5.02 Å². The Morgan fingerprint density at radius 1 is 1.24 bits per heavy atom. The van der Waals surface area contributed by atoms with Crippen molar-refractivity contribution in [3.63, 3.8) is 0 Å². The van der Waals surface area contributed by atoms with Crippen molar-refractivity contribution >= 4 is 11.6 Å². The second-order valence-corrected chi connectivity index (χ2v) is 5.65. The van der Waals surface area contributed by atoms with E-state index in [9.17, 15) is 22.0 Å². The van der Waals surface area contributed by atoms with Crippen molar-refractivity contribution < 1.29 is 22.0 Å². The van der Waals surface area contributed by atoms with E-state index in [-0.39, 0.29) is 38.0 Å². The first-order valence-corrected chi connectivity index (χ1v) is 6.71. The van der Waals surface area contributed by atoms with Crippen molar-refractivity contribution in [2.75, 3.05) is 13.1 Å². The zero-order valence-electron chi connectivity index (χ0n) is 11.0. The Kier molecular flexibility index (Phi) is 4.46. The molecule has 21 heavy (non-hydrogen) atoms. The minimum absolute atomic E-state index is 0.0569. The molecule has 118 valence electrons. The van der Waals surface area contributed by atoms with Crippen LogP contribution < -0.4 is 5.73 Å². The largest absolute Gasteiger partial charge is 0.416 e. The van der Waals surface area contributed by atoms with E-state index in [0.29, 0.717) is 6.07 Å². The van der Waals surface area contributed by atoms with Crippen LogP contribution in [0.1, 0.15) is 24.0 Å². The normalized spacial score (nSPS) is 19.8. The standard InChI is InChI=1S/C13H14ClF5N2/c14-10-6-9(13(17,18)19)5-8(11(10)15)7-21-3-1-12(16,20)2-4-21/h5-6H,1-4,7,20H2. The lowest BCUT2D eigenvalue weighted by Crippen LogP contribution is -2.46. The van der Waals surface area contributed by atoms with Gasteiger partial charge in [0.05, 0.1) is 10.6 Å². The molecule has 0 aliphatic carbocycles. The predicted molar refractivity (Wildman–Crippen MR) is 68.9 cm³/mol. The molecule has 0 spiro atoms. The number of benzene rings is 1. The van der Waals surface area contributed by atoms with Crippen LogP contribution >= 0.6 is 11.6 Å². The van der Waals surface area contributed by atoms with E-state index in [1.165, 1.54) is 0 Å². The van der Waals surface area contributed by atoms with Gasteiger partial charge in [0.1, 0.15) is 5.82 Å². The van der Waals surface area contributed by atoms with E-state index in [1.54, 1.807) is 4.90 Å². The molecule has 1 heterocycles. The van der Waals surface area contributed by atoms with Gasteiger partial charge in [0.25, 0.3) is 0 Å². The Hall–Kier alpha value is -0.920. The Bertz CT molecular complexity index is 520. The SMILES string of the molecule is NC1(F)CCN(Cc2cc(C(F)(F)F)cc(Cl)c2F)CC1. The van der Waals surface area contributed by atoms with Gasteiger partial charge in [-0.15, -0.1) is 0 Å². The van der Waals surface area contributed by atoms with Gasteiger partial charge < -0.3 is 0 Å². The number of hydrogen-bond donors (Lipinski definition) is 1. The molecule has 2 rings (SSSR count). The van der Waals surface area contributed by atoms with E-state index >= 15 is 0 Å². The highest BCUT2D eigenvalue weighted by molar-refractivity contribution is 6.30. The van der Waals surface area contributed by atoms with Gasteiger partial charge in [-0.3, -0.25) is 10.6 Å². The van der Waals surface area contributed by atoms with Crippen LogP contribution in [-0.2, 0) is 12.7 Å². The minimum atomic E-state index is -4.60. The number of alkyl halides is 4. The van der Waals surface area contributed by atoms with E-state index in [1.807, 2.05) is 0 Å². The van der Waals surface area contributed by atoms with Gasteiger partial charge >= 0.3 is 6.18 Å². The Morgan fingerprint density at radius 2 is 1.81 bits per heavy atom. The second-order valence-electron chi connectivity index (χ2n) is 5.24. The second kappa shape index (κ2) is 5.70. The topological polar surface area (TPSA) is 29.3 Å². The zero-order valence-corrected chi connectivity index (χ0v) is 11.7. The molecule has 2 N–H and O–H groups in total. The summed E-state index contributed by atoms with van der Waals surface area (Å²) in [4.78, 5) is 1.65. The molecule has 1 aromatic carbocycles. The maximum atomic E-state index is 13.9. The van der Waals surface area contributed by atoms with Crippen molar-refractivity contribution in [3.05, 3.63) is 34.1 Å². The van der Waals surface area contributed by atoms with Crippen LogP contribution in [0.3, 0.4) is 0 Å². The summed E-state index contributed by atoms with van der Waals surface area (Å²) < 4.78 is 65.4. The number of piperidine rings is 1. The fourth-order valence-electron chi connectivity index (χ4n) is 2.25. The van der Waals surface area contributed by atoms with Gasteiger partial charge in [0.2, 0.25) is 0 Å². The lowest BCUT2D eigenvalue weighted by Gasteiger charge is -2.34. The number of nitrogens with zero attached hydrogens (tertiary/aromatic N) is 1. The number of nitrogens with two attached hydrogens (primary N) is 1. The summed E-state index contributed by atoms with van der Waals surface area (Å²) in [6.45, 7) is 0.437. The third kappa shape index (κ3) is 4.05. The highest BCUT2D eigenvalue weighted by Crippen LogP contribution is 2.34. The average Bonchev–Trinajstić information content (AvgIpc) is 2.35. The molecule has 0 saturated carbocycles. The summed E-state index contributed by atoms with van der Waals surface area (Å²) in [7, 11) is 0.